The van der Waals surface area contributed by atoms with Crippen LogP contribution in [0, 0.1) is 0 Å². The van der Waals surface area contributed by atoms with Gasteiger partial charge in [-0.05, 0) is 31.5 Å². The summed E-state index contributed by atoms with van der Waals surface area (Å²) in [7, 11) is 3.58. The first-order chi connectivity index (χ1) is 13.4. The minimum atomic E-state index is -0.0756. The normalized spacial score (nSPS) is 10.9. The first kappa shape index (κ1) is 21.7. The van der Waals surface area contributed by atoms with Gasteiger partial charge in [0.1, 0.15) is 6.54 Å². The molecule has 0 aliphatic carbocycles. The fourth-order valence-electron chi connectivity index (χ4n) is 3.03. The van der Waals surface area contributed by atoms with Gasteiger partial charge in [0, 0.05) is 38.6 Å². The molecule has 28 heavy (non-hydrogen) atoms. The van der Waals surface area contributed by atoms with E-state index in [1.165, 1.54) is 0 Å². The van der Waals surface area contributed by atoms with E-state index < -0.39 is 0 Å². The molecule has 6 heteroatoms. The predicted molar refractivity (Wildman–Crippen MR) is 110 cm³/mol. The van der Waals surface area contributed by atoms with E-state index in [2.05, 4.69) is 0 Å². The number of ether oxygens (including phenoxy) is 1. The molecule has 0 saturated heterocycles. The van der Waals surface area contributed by atoms with Crippen molar-refractivity contribution in [3.05, 3.63) is 59.9 Å². The van der Waals surface area contributed by atoms with Gasteiger partial charge in [-0.2, -0.15) is 0 Å². The van der Waals surface area contributed by atoms with Crippen molar-refractivity contribution < 1.29 is 14.3 Å². The first-order valence-electron chi connectivity index (χ1n) is 9.62. The lowest BCUT2D eigenvalue weighted by atomic mass is 10.1. The third-order valence-electron chi connectivity index (χ3n) is 4.77. The second-order valence-electron chi connectivity index (χ2n) is 7.20. The molecule has 0 aliphatic rings. The molecule has 0 unspecified atom stereocenters. The summed E-state index contributed by atoms with van der Waals surface area (Å²) in [6, 6.07) is 13.5. The van der Waals surface area contributed by atoms with Crippen LogP contribution in [0.3, 0.4) is 0 Å². The summed E-state index contributed by atoms with van der Waals surface area (Å²) in [4.78, 5) is 29.3. The van der Waals surface area contributed by atoms with E-state index in [1.807, 2.05) is 74.1 Å². The molecule has 2 rings (SSSR count). The van der Waals surface area contributed by atoms with Crippen molar-refractivity contribution in [2.24, 2.45) is 7.05 Å². The number of carbonyl (C=O) groups is 2. The number of nitrogens with zero attached hydrogens (tertiary/aromatic N) is 3. The molecule has 0 aliphatic heterocycles. The Hall–Kier alpha value is -2.60. The predicted octanol–water partition coefficient (Wildman–Crippen LogP) is 2.48. The second-order valence-corrected chi connectivity index (χ2v) is 7.20. The van der Waals surface area contributed by atoms with Crippen molar-refractivity contribution in [2.45, 2.75) is 32.9 Å². The second kappa shape index (κ2) is 10.7. The van der Waals surface area contributed by atoms with Gasteiger partial charge in [0.05, 0.1) is 19.6 Å². The average molecular weight is 386 g/mol. The van der Waals surface area contributed by atoms with Crippen molar-refractivity contribution in [2.75, 3.05) is 26.8 Å². The minimum absolute atomic E-state index is 0.0416. The van der Waals surface area contributed by atoms with Gasteiger partial charge in [0.25, 0.3) is 0 Å². The van der Waals surface area contributed by atoms with Crippen molar-refractivity contribution in [1.29, 1.82) is 0 Å². The molecule has 0 spiro atoms. The summed E-state index contributed by atoms with van der Waals surface area (Å²) >= 11 is 0. The number of carbonyl (C=O) groups excluding carboxylic acids is 2. The SMILES string of the molecule is COCCN(Cc1cccn1C)C(=O)CN(C(=O)Cc1ccccc1)C(C)C. The molecular formula is C22H31N3O3. The number of aromatic nitrogens is 1. The Kier molecular flexibility index (Phi) is 8.26. The number of hydrogen-bond donors (Lipinski definition) is 0. The maximum Gasteiger partial charge on any atom is 0.242 e. The Morgan fingerprint density at radius 2 is 1.79 bits per heavy atom. The molecule has 0 bridgehead atoms. The standard InChI is InChI=1S/C22H31N3O3/c1-18(2)25(21(26)15-19-9-6-5-7-10-19)17-22(27)24(13-14-28-4)16-20-11-8-12-23(20)3/h5-12,18H,13-17H2,1-4H3. The Balaban J connectivity index is 2.08. The van der Waals surface area contributed by atoms with Crippen LogP contribution in [-0.2, 0) is 34.3 Å². The van der Waals surface area contributed by atoms with Gasteiger partial charge in [0.2, 0.25) is 11.8 Å². The molecule has 2 amide bonds. The fraction of sp³-hybridized carbons (Fsp3) is 0.455. The van der Waals surface area contributed by atoms with Gasteiger partial charge in [-0.25, -0.2) is 0 Å². The molecule has 2 aromatic rings. The van der Waals surface area contributed by atoms with Crippen LogP contribution in [0.5, 0.6) is 0 Å². The number of benzene rings is 1. The fourth-order valence-corrected chi connectivity index (χ4v) is 3.03. The summed E-state index contributed by atoms with van der Waals surface area (Å²) in [5.74, 6) is -0.117. The van der Waals surface area contributed by atoms with E-state index in [0.29, 0.717) is 26.1 Å². The highest BCUT2D eigenvalue weighted by Crippen LogP contribution is 2.10. The van der Waals surface area contributed by atoms with Crippen molar-refractivity contribution in [3.8, 4) is 0 Å². The van der Waals surface area contributed by atoms with E-state index in [0.717, 1.165) is 11.3 Å². The number of hydrogen-bond acceptors (Lipinski definition) is 3. The topological polar surface area (TPSA) is 54.8 Å². The summed E-state index contributed by atoms with van der Waals surface area (Å²) in [6.45, 7) is 5.37. The van der Waals surface area contributed by atoms with Gasteiger partial charge in [-0.1, -0.05) is 30.3 Å². The Morgan fingerprint density at radius 1 is 1.07 bits per heavy atom. The maximum atomic E-state index is 13.0. The largest absolute Gasteiger partial charge is 0.383 e. The van der Waals surface area contributed by atoms with Crippen LogP contribution >= 0.6 is 0 Å². The van der Waals surface area contributed by atoms with Gasteiger partial charge >= 0.3 is 0 Å². The Bertz CT molecular complexity index is 755. The molecule has 1 aromatic heterocycles. The van der Waals surface area contributed by atoms with E-state index in [9.17, 15) is 9.59 Å². The van der Waals surface area contributed by atoms with Crippen LogP contribution < -0.4 is 0 Å². The van der Waals surface area contributed by atoms with Gasteiger partial charge in [-0.15, -0.1) is 0 Å². The highest BCUT2D eigenvalue weighted by atomic mass is 16.5. The van der Waals surface area contributed by atoms with Crippen LogP contribution in [0.2, 0.25) is 0 Å². The molecule has 0 fully saturated rings. The zero-order valence-electron chi connectivity index (χ0n) is 17.3. The molecule has 0 saturated carbocycles. The monoisotopic (exact) mass is 385 g/mol. The zero-order chi connectivity index (χ0) is 20.5. The zero-order valence-corrected chi connectivity index (χ0v) is 17.3. The lowest BCUT2D eigenvalue weighted by Crippen LogP contribution is -2.47. The van der Waals surface area contributed by atoms with Crippen LogP contribution in [0.4, 0.5) is 0 Å². The summed E-state index contributed by atoms with van der Waals surface area (Å²) in [6.07, 6.45) is 2.25. The molecule has 0 N–H and O–H groups in total. The molecule has 1 aromatic carbocycles. The highest BCUT2D eigenvalue weighted by molar-refractivity contribution is 5.86. The summed E-state index contributed by atoms with van der Waals surface area (Å²) < 4.78 is 7.16. The number of aryl methyl sites for hydroxylation is 1. The molecule has 1 heterocycles. The van der Waals surface area contributed by atoms with Crippen molar-refractivity contribution in [3.63, 3.8) is 0 Å². The van der Waals surface area contributed by atoms with E-state index in [4.69, 9.17) is 4.74 Å². The quantitative estimate of drug-likeness (QED) is 0.631. The van der Waals surface area contributed by atoms with Crippen LogP contribution in [0.15, 0.2) is 48.7 Å². The smallest absolute Gasteiger partial charge is 0.242 e. The van der Waals surface area contributed by atoms with Gasteiger partial charge in [-0.3, -0.25) is 9.59 Å². The van der Waals surface area contributed by atoms with Crippen molar-refractivity contribution in [1.82, 2.24) is 14.4 Å². The molecule has 6 nitrogen and oxygen atoms in total. The molecular weight excluding hydrogens is 354 g/mol. The van der Waals surface area contributed by atoms with E-state index in [-0.39, 0.29) is 24.4 Å². The number of amides is 2. The summed E-state index contributed by atoms with van der Waals surface area (Å²) in [5, 5.41) is 0. The van der Waals surface area contributed by atoms with Crippen LogP contribution in [0.1, 0.15) is 25.1 Å². The number of methoxy groups -OCH3 is 1. The lowest BCUT2D eigenvalue weighted by Gasteiger charge is -2.30. The maximum absolute atomic E-state index is 13.0. The molecule has 0 radical (unpaired) electrons. The van der Waals surface area contributed by atoms with Crippen LogP contribution in [0.25, 0.3) is 0 Å². The summed E-state index contributed by atoms with van der Waals surface area (Å²) in [5.41, 5.74) is 1.99. The van der Waals surface area contributed by atoms with Gasteiger partial charge in [0.15, 0.2) is 0 Å². The lowest BCUT2D eigenvalue weighted by molar-refractivity contribution is -0.142. The molecule has 152 valence electrons. The van der Waals surface area contributed by atoms with Crippen LogP contribution in [-0.4, -0.2) is 59.0 Å². The van der Waals surface area contributed by atoms with Crippen molar-refractivity contribution >= 4 is 11.8 Å². The third-order valence-corrected chi connectivity index (χ3v) is 4.77. The third kappa shape index (κ3) is 6.23. The van der Waals surface area contributed by atoms with E-state index in [1.54, 1.807) is 16.9 Å². The first-order valence-corrected chi connectivity index (χ1v) is 9.62. The van der Waals surface area contributed by atoms with E-state index >= 15 is 0 Å². The molecule has 0 atom stereocenters. The Labute approximate surface area is 167 Å². The highest BCUT2D eigenvalue weighted by Gasteiger charge is 2.24. The Morgan fingerprint density at radius 3 is 2.36 bits per heavy atom. The average Bonchev–Trinajstić information content (AvgIpc) is 3.07. The van der Waals surface area contributed by atoms with Gasteiger partial charge < -0.3 is 19.1 Å². The minimum Gasteiger partial charge on any atom is -0.383 e. The number of rotatable bonds is 10.